The first-order valence-electron chi connectivity index (χ1n) is 8.11. The van der Waals surface area contributed by atoms with Crippen molar-refractivity contribution in [1.29, 1.82) is 0 Å². The second-order valence-electron chi connectivity index (χ2n) is 6.47. The van der Waals surface area contributed by atoms with Gasteiger partial charge in [0.25, 0.3) is 0 Å². The van der Waals surface area contributed by atoms with Crippen LogP contribution in [0.5, 0.6) is 0 Å². The fraction of sp³-hybridized carbons (Fsp3) is 0.625. The molecule has 3 rings (SSSR count). The van der Waals surface area contributed by atoms with Crippen molar-refractivity contribution in [3.63, 3.8) is 0 Å². The summed E-state index contributed by atoms with van der Waals surface area (Å²) in [5.41, 5.74) is 1.07. The molecule has 128 valence electrons. The Morgan fingerprint density at radius 2 is 1.70 bits per heavy atom. The lowest BCUT2D eigenvalue weighted by Crippen LogP contribution is -2.45. The summed E-state index contributed by atoms with van der Waals surface area (Å²) in [6.45, 7) is 3.60. The highest BCUT2D eigenvalue weighted by molar-refractivity contribution is 7.96. The van der Waals surface area contributed by atoms with E-state index < -0.39 is 31.0 Å². The van der Waals surface area contributed by atoms with Crippen molar-refractivity contribution < 1.29 is 16.8 Å². The minimum absolute atomic E-state index is 0.0378. The van der Waals surface area contributed by atoms with Crippen LogP contribution >= 0.6 is 0 Å². The van der Waals surface area contributed by atoms with Crippen molar-refractivity contribution >= 4 is 19.7 Å². The Labute approximate surface area is 138 Å². The molecule has 2 aliphatic rings. The summed E-state index contributed by atoms with van der Waals surface area (Å²) in [5.74, 6) is -0.296. The predicted molar refractivity (Wildman–Crippen MR) is 90.0 cm³/mol. The zero-order chi connectivity index (χ0) is 16.7. The molecule has 0 aliphatic carbocycles. The van der Waals surface area contributed by atoms with Gasteiger partial charge in [0.2, 0.25) is 0 Å². The number of hydrogen-bond donors (Lipinski definition) is 0. The van der Waals surface area contributed by atoms with Crippen molar-refractivity contribution in [1.82, 2.24) is 4.90 Å². The number of hydrogen-bond acceptors (Lipinski definition) is 5. The van der Waals surface area contributed by atoms with Gasteiger partial charge in [-0.15, -0.1) is 0 Å². The standard InChI is InChI=1S/C16H23NO4S2/c1-2-13-5-7-14(8-6-13)23(20,21)16-12-22(18,19)11-15(16)17-9-3-4-10-17/h5-8,15-16H,2-4,9-12H2,1H3/t15-,16+/m0/s1. The van der Waals surface area contributed by atoms with Gasteiger partial charge in [0.15, 0.2) is 19.7 Å². The Balaban J connectivity index is 1.95. The summed E-state index contributed by atoms with van der Waals surface area (Å²) in [4.78, 5) is 2.29. The van der Waals surface area contributed by atoms with Crippen LogP contribution in [-0.2, 0) is 26.1 Å². The molecule has 7 heteroatoms. The van der Waals surface area contributed by atoms with Gasteiger partial charge in [-0.25, -0.2) is 16.8 Å². The summed E-state index contributed by atoms with van der Waals surface area (Å²) in [6.07, 6.45) is 2.86. The van der Waals surface area contributed by atoms with Crippen LogP contribution in [0.1, 0.15) is 25.3 Å². The van der Waals surface area contributed by atoms with Gasteiger partial charge in [0.1, 0.15) is 0 Å². The van der Waals surface area contributed by atoms with Gasteiger partial charge in [-0.1, -0.05) is 19.1 Å². The van der Waals surface area contributed by atoms with Gasteiger partial charge >= 0.3 is 0 Å². The second kappa shape index (κ2) is 6.18. The third-order valence-corrected chi connectivity index (χ3v) is 9.07. The number of nitrogens with zero attached hydrogens (tertiary/aromatic N) is 1. The van der Waals surface area contributed by atoms with Crippen molar-refractivity contribution in [2.45, 2.75) is 42.4 Å². The van der Waals surface area contributed by atoms with E-state index in [4.69, 9.17) is 0 Å². The molecule has 1 aromatic carbocycles. The molecule has 0 saturated carbocycles. The lowest BCUT2D eigenvalue weighted by molar-refractivity contribution is 0.264. The molecule has 23 heavy (non-hydrogen) atoms. The predicted octanol–water partition coefficient (Wildman–Crippen LogP) is 1.28. The molecule has 0 unspecified atom stereocenters. The SMILES string of the molecule is CCc1ccc(S(=O)(=O)[C@@H]2CS(=O)(=O)C[C@@H]2N2CCCC2)cc1. The minimum atomic E-state index is -3.64. The molecular formula is C16H23NO4S2. The van der Waals surface area contributed by atoms with E-state index in [1.54, 1.807) is 24.3 Å². The fourth-order valence-electron chi connectivity index (χ4n) is 3.60. The molecule has 0 spiro atoms. The largest absolute Gasteiger partial charge is 0.298 e. The van der Waals surface area contributed by atoms with Crippen LogP contribution in [0.4, 0.5) is 0 Å². The highest BCUT2D eigenvalue weighted by Gasteiger charge is 2.48. The van der Waals surface area contributed by atoms with Crippen LogP contribution in [0, 0.1) is 0 Å². The topological polar surface area (TPSA) is 71.5 Å². The molecule has 2 atom stereocenters. The highest BCUT2D eigenvalue weighted by Crippen LogP contribution is 2.30. The maximum atomic E-state index is 13.0. The normalized spacial score (nSPS) is 28.2. The first-order valence-corrected chi connectivity index (χ1v) is 11.5. The number of aryl methyl sites for hydroxylation is 1. The van der Waals surface area contributed by atoms with Crippen LogP contribution in [0.2, 0.25) is 0 Å². The second-order valence-corrected chi connectivity index (χ2v) is 10.8. The van der Waals surface area contributed by atoms with E-state index >= 15 is 0 Å². The number of likely N-dealkylation sites (tertiary alicyclic amines) is 1. The summed E-state index contributed by atoms with van der Waals surface area (Å²) in [6, 6.07) is 6.43. The van der Waals surface area contributed by atoms with Gasteiger partial charge in [0, 0.05) is 6.04 Å². The Bertz CT molecular complexity index is 763. The third kappa shape index (κ3) is 3.32. The molecule has 2 aliphatic heterocycles. The van der Waals surface area contributed by atoms with E-state index in [2.05, 4.69) is 0 Å². The first kappa shape index (κ1) is 16.9. The van der Waals surface area contributed by atoms with Gasteiger partial charge in [-0.05, 0) is 50.0 Å². The van der Waals surface area contributed by atoms with Crippen LogP contribution in [0.3, 0.4) is 0 Å². The lowest BCUT2D eigenvalue weighted by Gasteiger charge is -2.27. The summed E-state index contributed by atoms with van der Waals surface area (Å²) >= 11 is 0. The number of sulfone groups is 2. The molecule has 0 amide bonds. The molecule has 2 heterocycles. The zero-order valence-corrected chi connectivity index (χ0v) is 14.9. The van der Waals surface area contributed by atoms with Crippen LogP contribution < -0.4 is 0 Å². The Morgan fingerprint density at radius 3 is 2.26 bits per heavy atom. The van der Waals surface area contributed by atoms with Crippen molar-refractivity contribution in [3.05, 3.63) is 29.8 Å². The van der Waals surface area contributed by atoms with Gasteiger partial charge in [-0.2, -0.15) is 0 Å². The molecule has 0 aromatic heterocycles. The smallest absolute Gasteiger partial charge is 0.183 e. The molecule has 2 saturated heterocycles. The number of rotatable bonds is 4. The van der Waals surface area contributed by atoms with E-state index in [1.165, 1.54) is 0 Å². The Morgan fingerprint density at radius 1 is 1.09 bits per heavy atom. The van der Waals surface area contributed by atoms with Crippen molar-refractivity contribution in [3.8, 4) is 0 Å². The average molecular weight is 357 g/mol. The zero-order valence-electron chi connectivity index (χ0n) is 13.3. The van der Waals surface area contributed by atoms with Crippen molar-refractivity contribution in [2.24, 2.45) is 0 Å². The van der Waals surface area contributed by atoms with E-state index in [0.29, 0.717) is 0 Å². The summed E-state index contributed by atoms with van der Waals surface area (Å²) < 4.78 is 50.2. The van der Waals surface area contributed by atoms with Gasteiger partial charge < -0.3 is 0 Å². The van der Waals surface area contributed by atoms with Crippen LogP contribution in [0.25, 0.3) is 0 Å². The average Bonchev–Trinajstić information content (AvgIpc) is 3.14. The first-order chi connectivity index (χ1) is 10.8. The summed E-state index contributed by atoms with van der Waals surface area (Å²) in [7, 11) is -6.95. The Kier molecular flexibility index (Phi) is 4.55. The van der Waals surface area contributed by atoms with E-state index in [9.17, 15) is 16.8 Å². The molecule has 5 nitrogen and oxygen atoms in total. The quantitative estimate of drug-likeness (QED) is 0.812. The highest BCUT2D eigenvalue weighted by atomic mass is 32.2. The van der Waals surface area contributed by atoms with Crippen LogP contribution in [0.15, 0.2) is 29.2 Å². The van der Waals surface area contributed by atoms with E-state index in [0.717, 1.165) is 37.9 Å². The lowest BCUT2D eigenvalue weighted by atomic mass is 10.2. The molecule has 0 bridgehead atoms. The summed E-state index contributed by atoms with van der Waals surface area (Å²) in [5, 5.41) is -0.849. The fourth-order valence-corrected chi connectivity index (χ4v) is 8.43. The Hall–Kier alpha value is -0.920. The third-order valence-electron chi connectivity index (χ3n) is 4.94. The monoisotopic (exact) mass is 357 g/mol. The molecular weight excluding hydrogens is 334 g/mol. The maximum Gasteiger partial charge on any atom is 0.183 e. The van der Waals surface area contributed by atoms with Gasteiger partial charge in [-0.3, -0.25) is 4.90 Å². The number of benzene rings is 1. The van der Waals surface area contributed by atoms with E-state index in [-0.39, 0.29) is 16.4 Å². The van der Waals surface area contributed by atoms with Crippen LogP contribution in [-0.4, -0.2) is 57.6 Å². The molecule has 2 fully saturated rings. The molecule has 1 aromatic rings. The molecule has 0 radical (unpaired) electrons. The maximum absolute atomic E-state index is 13.0. The molecule has 0 N–H and O–H groups in total. The van der Waals surface area contributed by atoms with E-state index in [1.807, 2.05) is 11.8 Å². The van der Waals surface area contributed by atoms with Crippen molar-refractivity contribution in [2.75, 3.05) is 24.6 Å². The van der Waals surface area contributed by atoms with Gasteiger partial charge in [0.05, 0.1) is 21.7 Å². The minimum Gasteiger partial charge on any atom is -0.298 e.